The van der Waals surface area contributed by atoms with Gasteiger partial charge in [0.1, 0.15) is 11.3 Å². The summed E-state index contributed by atoms with van der Waals surface area (Å²) >= 11 is 0. The Morgan fingerprint density at radius 3 is 2.71 bits per heavy atom. The van der Waals surface area contributed by atoms with Gasteiger partial charge in [-0.3, -0.25) is 4.79 Å². The van der Waals surface area contributed by atoms with Crippen LogP contribution in [0.4, 0.5) is 0 Å². The molecule has 0 N–H and O–H groups in total. The molecular weight excluding hydrogens is 264 g/mol. The third-order valence-electron chi connectivity index (χ3n) is 4.29. The Bertz CT molecular complexity index is 544. The molecule has 0 bridgehead atoms. The fourth-order valence-electron chi connectivity index (χ4n) is 2.69. The molecule has 21 heavy (non-hydrogen) atoms. The predicted molar refractivity (Wildman–Crippen MR) is 80.9 cm³/mol. The van der Waals surface area contributed by atoms with Gasteiger partial charge in [-0.2, -0.15) is 5.26 Å². The van der Waals surface area contributed by atoms with E-state index in [0.29, 0.717) is 19.4 Å². The van der Waals surface area contributed by atoms with Gasteiger partial charge in [-0.1, -0.05) is 18.2 Å². The van der Waals surface area contributed by atoms with Gasteiger partial charge in [0.05, 0.1) is 12.7 Å². The van der Waals surface area contributed by atoms with Crippen molar-refractivity contribution in [1.29, 1.82) is 5.26 Å². The molecule has 1 saturated carbocycles. The minimum Gasteiger partial charge on any atom is -0.494 e. The number of hydrogen-bond donors (Lipinski definition) is 0. The van der Waals surface area contributed by atoms with Crippen LogP contribution < -0.4 is 4.74 Å². The average Bonchev–Trinajstić information content (AvgIpc) is 2.45. The van der Waals surface area contributed by atoms with Crippen molar-refractivity contribution in [3.63, 3.8) is 0 Å². The van der Waals surface area contributed by atoms with Crippen molar-refractivity contribution < 1.29 is 9.53 Å². The van der Waals surface area contributed by atoms with Crippen LogP contribution in [-0.4, -0.2) is 30.0 Å². The van der Waals surface area contributed by atoms with Crippen LogP contribution in [0.15, 0.2) is 24.3 Å². The smallest absolute Gasteiger partial charge is 0.223 e. The molecular formula is C17H22N2O2. The lowest BCUT2D eigenvalue weighted by Crippen LogP contribution is -2.53. The number of para-hydroxylation sites is 1. The second-order valence-electron chi connectivity index (χ2n) is 5.49. The van der Waals surface area contributed by atoms with Crippen LogP contribution in [0.25, 0.3) is 0 Å². The number of benzene rings is 1. The highest BCUT2D eigenvalue weighted by atomic mass is 16.5. The fraction of sp³-hybridized carbons (Fsp3) is 0.529. The highest BCUT2D eigenvalue weighted by Gasteiger charge is 2.43. The summed E-state index contributed by atoms with van der Waals surface area (Å²) < 4.78 is 5.57. The van der Waals surface area contributed by atoms with Crippen LogP contribution in [0.1, 0.15) is 38.2 Å². The van der Waals surface area contributed by atoms with Gasteiger partial charge in [0.2, 0.25) is 5.91 Å². The first-order chi connectivity index (χ1) is 10.1. The molecule has 1 fully saturated rings. The van der Waals surface area contributed by atoms with Crippen molar-refractivity contribution in [2.75, 3.05) is 13.7 Å². The molecule has 0 atom stereocenters. The van der Waals surface area contributed by atoms with Gasteiger partial charge in [-0.15, -0.1) is 0 Å². The molecule has 0 saturated heterocycles. The van der Waals surface area contributed by atoms with Crippen molar-refractivity contribution in [2.45, 2.75) is 44.6 Å². The first-order valence-corrected chi connectivity index (χ1v) is 7.51. The number of rotatable bonds is 6. The molecule has 0 aromatic heterocycles. The Morgan fingerprint density at radius 1 is 1.43 bits per heavy atom. The van der Waals surface area contributed by atoms with Gasteiger partial charge in [0, 0.05) is 13.5 Å². The third-order valence-corrected chi connectivity index (χ3v) is 4.29. The lowest BCUT2D eigenvalue weighted by atomic mass is 9.76. The number of ether oxygens (including phenoxy) is 1. The van der Waals surface area contributed by atoms with E-state index in [2.05, 4.69) is 6.07 Å². The van der Waals surface area contributed by atoms with Gasteiger partial charge >= 0.3 is 0 Å². The lowest BCUT2D eigenvalue weighted by Gasteiger charge is -2.43. The second kappa shape index (κ2) is 6.62. The van der Waals surface area contributed by atoms with Crippen LogP contribution in [-0.2, 0) is 11.2 Å². The third kappa shape index (κ3) is 3.18. The van der Waals surface area contributed by atoms with Gasteiger partial charge in [0.25, 0.3) is 0 Å². The molecule has 0 radical (unpaired) electrons. The Kier molecular flexibility index (Phi) is 4.85. The van der Waals surface area contributed by atoms with Crippen molar-refractivity contribution in [2.24, 2.45) is 0 Å². The number of nitriles is 1. The fourth-order valence-corrected chi connectivity index (χ4v) is 2.69. The molecule has 0 aliphatic heterocycles. The van der Waals surface area contributed by atoms with E-state index in [0.717, 1.165) is 30.6 Å². The van der Waals surface area contributed by atoms with E-state index in [1.54, 1.807) is 11.9 Å². The molecule has 1 aliphatic carbocycles. The number of hydrogen-bond acceptors (Lipinski definition) is 3. The Morgan fingerprint density at radius 2 is 2.14 bits per heavy atom. The number of aryl methyl sites for hydroxylation is 1. The normalized spacial score (nSPS) is 15.7. The van der Waals surface area contributed by atoms with Crippen LogP contribution in [0.2, 0.25) is 0 Å². The minimum absolute atomic E-state index is 0.0301. The summed E-state index contributed by atoms with van der Waals surface area (Å²) in [5.41, 5.74) is 0.483. The van der Waals surface area contributed by atoms with E-state index in [4.69, 9.17) is 4.74 Å². The van der Waals surface area contributed by atoms with Gasteiger partial charge in [-0.05, 0) is 44.2 Å². The zero-order chi connectivity index (χ0) is 15.3. The quantitative estimate of drug-likeness (QED) is 0.808. The minimum atomic E-state index is -0.559. The van der Waals surface area contributed by atoms with E-state index in [1.807, 2.05) is 31.2 Å². The van der Waals surface area contributed by atoms with Crippen LogP contribution in [0, 0.1) is 11.3 Å². The maximum atomic E-state index is 12.3. The molecule has 1 amide bonds. The molecule has 0 unspecified atom stereocenters. The van der Waals surface area contributed by atoms with Crippen LogP contribution in [0.5, 0.6) is 5.75 Å². The monoisotopic (exact) mass is 286 g/mol. The summed E-state index contributed by atoms with van der Waals surface area (Å²) in [7, 11) is 1.75. The standard InChI is InChI=1S/C17H22N2O2/c1-3-21-15-8-5-4-7-14(15)9-10-16(20)19(2)17(13-18)11-6-12-17/h4-5,7-8H,3,6,9-12H2,1-2H3. The van der Waals surface area contributed by atoms with Crippen LogP contribution in [0.3, 0.4) is 0 Å². The van der Waals surface area contributed by atoms with Crippen molar-refractivity contribution in [1.82, 2.24) is 4.90 Å². The summed E-state index contributed by atoms with van der Waals surface area (Å²) in [6.45, 7) is 2.56. The zero-order valence-corrected chi connectivity index (χ0v) is 12.8. The van der Waals surface area contributed by atoms with Gasteiger partial charge in [-0.25, -0.2) is 0 Å². The summed E-state index contributed by atoms with van der Waals surface area (Å²) in [5, 5.41) is 9.29. The molecule has 0 spiro atoms. The zero-order valence-electron chi connectivity index (χ0n) is 12.8. The highest BCUT2D eigenvalue weighted by molar-refractivity contribution is 5.77. The van der Waals surface area contributed by atoms with E-state index in [9.17, 15) is 10.1 Å². The number of nitrogens with zero attached hydrogens (tertiary/aromatic N) is 2. The molecule has 112 valence electrons. The number of carbonyl (C=O) groups excluding carboxylic acids is 1. The maximum absolute atomic E-state index is 12.3. The van der Waals surface area contributed by atoms with E-state index >= 15 is 0 Å². The van der Waals surface area contributed by atoms with Crippen LogP contribution >= 0.6 is 0 Å². The molecule has 1 aromatic rings. The van der Waals surface area contributed by atoms with E-state index in [-0.39, 0.29) is 5.91 Å². The van der Waals surface area contributed by atoms with Crippen molar-refractivity contribution in [3.8, 4) is 11.8 Å². The molecule has 1 aromatic carbocycles. The Labute approximate surface area is 126 Å². The molecule has 0 heterocycles. The largest absolute Gasteiger partial charge is 0.494 e. The van der Waals surface area contributed by atoms with Crippen molar-refractivity contribution in [3.05, 3.63) is 29.8 Å². The molecule has 2 rings (SSSR count). The summed E-state index contributed by atoms with van der Waals surface area (Å²) in [4.78, 5) is 14.0. The topological polar surface area (TPSA) is 53.3 Å². The second-order valence-corrected chi connectivity index (χ2v) is 5.49. The number of carbonyl (C=O) groups is 1. The first-order valence-electron chi connectivity index (χ1n) is 7.51. The Balaban J connectivity index is 1.97. The SMILES string of the molecule is CCOc1ccccc1CCC(=O)N(C)C1(C#N)CCC1. The lowest BCUT2D eigenvalue weighted by molar-refractivity contribution is -0.136. The molecule has 4 nitrogen and oxygen atoms in total. The van der Waals surface area contributed by atoms with Crippen molar-refractivity contribution >= 4 is 5.91 Å². The summed E-state index contributed by atoms with van der Waals surface area (Å²) in [6.07, 6.45) is 3.66. The number of amides is 1. The molecule has 1 aliphatic rings. The van der Waals surface area contributed by atoms with E-state index in [1.165, 1.54) is 0 Å². The maximum Gasteiger partial charge on any atom is 0.223 e. The molecule has 4 heteroatoms. The van der Waals surface area contributed by atoms with Gasteiger partial charge < -0.3 is 9.64 Å². The van der Waals surface area contributed by atoms with Gasteiger partial charge in [0.15, 0.2) is 0 Å². The first kappa shape index (κ1) is 15.4. The Hall–Kier alpha value is -2.02. The summed E-state index contributed by atoms with van der Waals surface area (Å²) in [5.74, 6) is 0.872. The predicted octanol–water partition coefficient (Wildman–Crippen LogP) is 2.92. The highest BCUT2D eigenvalue weighted by Crippen LogP contribution is 2.36. The van der Waals surface area contributed by atoms with E-state index < -0.39 is 5.54 Å². The summed E-state index contributed by atoms with van der Waals surface area (Å²) in [6, 6.07) is 10.1. The average molecular weight is 286 g/mol.